The second kappa shape index (κ2) is 16.0. The largest absolute Gasteiger partial charge is 0.480 e. The summed E-state index contributed by atoms with van der Waals surface area (Å²) in [5, 5.41) is 9.67. The Balaban J connectivity index is 3.28. The fourth-order valence-electron chi connectivity index (χ4n) is 3.85. The summed E-state index contributed by atoms with van der Waals surface area (Å²) in [4.78, 5) is 48.7. The molecule has 0 aromatic heterocycles. The molecule has 2 unspecified atom stereocenters. The molecule has 0 spiro atoms. The number of carboxylic acid groups (broad SMARTS) is 1. The lowest BCUT2D eigenvalue weighted by Crippen LogP contribution is -2.40. The Hall–Kier alpha value is -2.94. The van der Waals surface area contributed by atoms with Gasteiger partial charge in [0.15, 0.2) is 11.5 Å². The fourth-order valence-corrected chi connectivity index (χ4v) is 3.85. The molecule has 0 amide bonds. The highest BCUT2D eigenvalue weighted by molar-refractivity contribution is 5.77. The zero-order chi connectivity index (χ0) is 28.1. The summed E-state index contributed by atoms with van der Waals surface area (Å²) in [7, 11) is 0. The molecule has 1 aromatic carbocycles. The predicted molar refractivity (Wildman–Crippen MR) is 139 cm³/mol. The highest BCUT2D eigenvalue weighted by Crippen LogP contribution is 2.36. The van der Waals surface area contributed by atoms with Gasteiger partial charge in [-0.15, -0.1) is 0 Å². The second-order valence-corrected chi connectivity index (χ2v) is 10.4. The van der Waals surface area contributed by atoms with Crippen LogP contribution in [0.4, 0.5) is 0 Å². The Morgan fingerprint density at radius 1 is 0.865 bits per heavy atom. The number of benzene rings is 1. The van der Waals surface area contributed by atoms with E-state index in [1.807, 2.05) is 34.6 Å². The number of carbonyl (C=O) groups excluding carboxylic acids is 3. The average Bonchev–Trinajstić information content (AvgIpc) is 2.78. The van der Waals surface area contributed by atoms with E-state index in [4.69, 9.17) is 19.9 Å². The molecule has 37 heavy (non-hydrogen) atoms. The molecule has 0 fully saturated rings. The van der Waals surface area contributed by atoms with Crippen LogP contribution in [0.15, 0.2) is 18.2 Å². The number of aliphatic carboxylic acids is 1. The van der Waals surface area contributed by atoms with E-state index < -0.39 is 35.8 Å². The van der Waals surface area contributed by atoms with Crippen LogP contribution >= 0.6 is 0 Å². The first kappa shape index (κ1) is 32.1. The van der Waals surface area contributed by atoms with Crippen molar-refractivity contribution in [1.82, 2.24) is 0 Å². The summed E-state index contributed by atoms with van der Waals surface area (Å²) in [5.41, 5.74) is 6.51. The molecule has 3 N–H and O–H groups in total. The van der Waals surface area contributed by atoms with Crippen LogP contribution in [-0.2, 0) is 23.9 Å². The number of hydrogen-bond acceptors (Lipinski definition) is 8. The van der Waals surface area contributed by atoms with Crippen molar-refractivity contribution in [2.24, 2.45) is 23.5 Å². The van der Waals surface area contributed by atoms with Crippen LogP contribution in [0.3, 0.4) is 0 Å². The van der Waals surface area contributed by atoms with E-state index in [0.717, 1.165) is 19.3 Å². The van der Waals surface area contributed by atoms with Crippen molar-refractivity contribution in [3.8, 4) is 11.5 Å². The third kappa shape index (κ3) is 11.8. The quantitative estimate of drug-likeness (QED) is 0.177. The lowest BCUT2D eigenvalue weighted by molar-refractivity contribution is -0.145. The maximum absolute atomic E-state index is 12.4. The van der Waals surface area contributed by atoms with Gasteiger partial charge in [-0.1, -0.05) is 60.5 Å². The van der Waals surface area contributed by atoms with E-state index in [-0.39, 0.29) is 48.8 Å². The van der Waals surface area contributed by atoms with Crippen LogP contribution in [0.5, 0.6) is 11.5 Å². The molecule has 9 nitrogen and oxygen atoms in total. The van der Waals surface area contributed by atoms with Crippen molar-refractivity contribution < 1.29 is 38.5 Å². The molecule has 0 bridgehead atoms. The first-order valence-corrected chi connectivity index (χ1v) is 13.0. The molecule has 0 aliphatic heterocycles. The molecule has 0 aliphatic rings. The van der Waals surface area contributed by atoms with Crippen molar-refractivity contribution in [3.63, 3.8) is 0 Å². The monoisotopic (exact) mass is 521 g/mol. The highest BCUT2D eigenvalue weighted by Gasteiger charge is 2.32. The van der Waals surface area contributed by atoms with Crippen LogP contribution in [0.2, 0.25) is 0 Å². The fraction of sp³-hybridized carbons (Fsp3) is 0.643. The highest BCUT2D eigenvalue weighted by atomic mass is 16.6. The van der Waals surface area contributed by atoms with Gasteiger partial charge >= 0.3 is 23.9 Å². The molecule has 0 saturated heterocycles. The standard InChI is InChI=1S/C28H43NO8/c1-7-8-9-10-23(30)35-16-19(6)26(27(29)28(33)34)20-11-12-21(36-24(31)13-17(2)3)22(15-20)37-25(32)14-18(4)5/h11-12,15,17-19,26-27H,7-10,13-14,16,29H2,1-6H3,(H,33,34)/t19?,26?,27-/m0/s1. The minimum absolute atomic E-state index is 0.00612. The summed E-state index contributed by atoms with van der Waals surface area (Å²) in [6.07, 6.45) is 3.24. The summed E-state index contributed by atoms with van der Waals surface area (Å²) in [6, 6.07) is 3.22. The Morgan fingerprint density at radius 2 is 1.43 bits per heavy atom. The van der Waals surface area contributed by atoms with Crippen LogP contribution in [-0.4, -0.2) is 41.6 Å². The Bertz CT molecular complexity index is 911. The van der Waals surface area contributed by atoms with E-state index in [0.29, 0.717) is 12.0 Å². The first-order chi connectivity index (χ1) is 17.3. The Labute approximate surface area is 220 Å². The van der Waals surface area contributed by atoms with Crippen LogP contribution in [0.1, 0.15) is 91.5 Å². The van der Waals surface area contributed by atoms with Crippen LogP contribution in [0.25, 0.3) is 0 Å². The second-order valence-electron chi connectivity index (χ2n) is 10.4. The number of ether oxygens (including phenoxy) is 3. The van der Waals surface area contributed by atoms with Gasteiger partial charge in [0.2, 0.25) is 0 Å². The van der Waals surface area contributed by atoms with Crippen molar-refractivity contribution in [2.75, 3.05) is 6.61 Å². The van der Waals surface area contributed by atoms with Gasteiger partial charge < -0.3 is 25.1 Å². The maximum Gasteiger partial charge on any atom is 0.321 e. The normalized spacial score (nSPS) is 13.6. The Morgan fingerprint density at radius 3 is 1.95 bits per heavy atom. The number of carboxylic acids is 1. The molecule has 9 heteroatoms. The number of carbonyl (C=O) groups is 4. The van der Waals surface area contributed by atoms with Gasteiger partial charge in [-0.2, -0.15) is 0 Å². The summed E-state index contributed by atoms with van der Waals surface area (Å²) >= 11 is 0. The zero-order valence-corrected chi connectivity index (χ0v) is 23.0. The van der Waals surface area contributed by atoms with Gasteiger partial charge in [0.1, 0.15) is 6.04 Å². The van der Waals surface area contributed by atoms with E-state index in [9.17, 15) is 24.3 Å². The maximum atomic E-state index is 12.4. The minimum Gasteiger partial charge on any atom is -0.480 e. The topological polar surface area (TPSA) is 142 Å². The molecule has 1 aromatic rings. The van der Waals surface area contributed by atoms with Gasteiger partial charge in [0.05, 0.1) is 6.61 Å². The lowest BCUT2D eigenvalue weighted by atomic mass is 9.82. The number of nitrogens with two attached hydrogens (primary N) is 1. The van der Waals surface area contributed by atoms with Crippen LogP contribution in [0, 0.1) is 17.8 Å². The van der Waals surface area contributed by atoms with Crippen molar-refractivity contribution in [3.05, 3.63) is 23.8 Å². The molecular formula is C28H43NO8. The SMILES string of the molecule is CCCCCC(=O)OCC(C)C(c1ccc(OC(=O)CC(C)C)c(OC(=O)CC(C)C)c1)[C@H](N)C(=O)O. The Kier molecular flexibility index (Phi) is 13.9. The van der Waals surface area contributed by atoms with E-state index in [1.165, 1.54) is 12.1 Å². The molecule has 1 rings (SSSR count). The van der Waals surface area contributed by atoms with Crippen molar-refractivity contribution in [2.45, 2.75) is 92.0 Å². The van der Waals surface area contributed by atoms with Crippen LogP contribution < -0.4 is 15.2 Å². The molecular weight excluding hydrogens is 478 g/mol. The van der Waals surface area contributed by atoms with Gasteiger partial charge in [0.25, 0.3) is 0 Å². The molecule has 0 saturated carbocycles. The summed E-state index contributed by atoms with van der Waals surface area (Å²) in [5.74, 6) is -3.62. The molecule has 0 heterocycles. The van der Waals surface area contributed by atoms with Crippen molar-refractivity contribution in [1.29, 1.82) is 0 Å². The van der Waals surface area contributed by atoms with Gasteiger partial charge in [-0.3, -0.25) is 19.2 Å². The third-order valence-electron chi connectivity index (χ3n) is 5.73. The summed E-state index contributed by atoms with van der Waals surface area (Å²) < 4.78 is 16.4. The number of esters is 3. The molecule has 208 valence electrons. The van der Waals surface area contributed by atoms with E-state index >= 15 is 0 Å². The molecule has 0 radical (unpaired) electrons. The number of hydrogen-bond donors (Lipinski definition) is 2. The zero-order valence-electron chi connectivity index (χ0n) is 23.0. The van der Waals surface area contributed by atoms with Gasteiger partial charge in [-0.25, -0.2) is 0 Å². The summed E-state index contributed by atoms with van der Waals surface area (Å²) in [6.45, 7) is 11.3. The third-order valence-corrected chi connectivity index (χ3v) is 5.73. The number of unbranched alkanes of at least 4 members (excludes halogenated alkanes) is 2. The number of rotatable bonds is 16. The molecule has 3 atom stereocenters. The van der Waals surface area contributed by atoms with Crippen molar-refractivity contribution >= 4 is 23.9 Å². The predicted octanol–water partition coefficient (Wildman–Crippen LogP) is 4.84. The average molecular weight is 522 g/mol. The van der Waals surface area contributed by atoms with Gasteiger partial charge in [-0.05, 0) is 41.9 Å². The van der Waals surface area contributed by atoms with E-state index in [1.54, 1.807) is 13.0 Å². The lowest BCUT2D eigenvalue weighted by Gasteiger charge is -2.28. The van der Waals surface area contributed by atoms with E-state index in [2.05, 4.69) is 0 Å². The first-order valence-electron chi connectivity index (χ1n) is 13.0. The minimum atomic E-state index is -1.32. The molecule has 0 aliphatic carbocycles. The van der Waals surface area contributed by atoms with Gasteiger partial charge in [0, 0.05) is 25.2 Å². The smallest absolute Gasteiger partial charge is 0.321 e.